The lowest BCUT2D eigenvalue weighted by Crippen LogP contribution is -2.36. The maximum Gasteiger partial charge on any atom is 0.253 e. The number of benzene rings is 2. The summed E-state index contributed by atoms with van der Waals surface area (Å²) >= 11 is 0. The Morgan fingerprint density at radius 2 is 1.74 bits per heavy atom. The number of aryl methyl sites for hydroxylation is 2. The van der Waals surface area contributed by atoms with E-state index in [0.29, 0.717) is 6.54 Å². The molecule has 1 fully saturated rings. The van der Waals surface area contributed by atoms with Crippen molar-refractivity contribution in [2.24, 2.45) is 0 Å². The molecule has 27 heavy (non-hydrogen) atoms. The summed E-state index contributed by atoms with van der Waals surface area (Å²) in [6.07, 6.45) is 0. The molecule has 2 heterocycles. The normalized spacial score (nSPS) is 14.5. The number of pyridine rings is 1. The van der Waals surface area contributed by atoms with Crippen molar-refractivity contribution in [1.82, 2.24) is 4.98 Å². The molecule has 1 aromatic heterocycles. The fraction of sp³-hybridized carbons (Fsp3) is 0.318. The van der Waals surface area contributed by atoms with E-state index in [2.05, 4.69) is 52.5 Å². The number of aromatic nitrogens is 1. The van der Waals surface area contributed by atoms with Crippen LogP contribution in [0, 0.1) is 13.8 Å². The van der Waals surface area contributed by atoms with E-state index >= 15 is 0 Å². The molecule has 1 saturated heterocycles. The lowest BCUT2D eigenvalue weighted by Gasteiger charge is -2.28. The van der Waals surface area contributed by atoms with Gasteiger partial charge in [0.05, 0.1) is 18.7 Å². The minimum absolute atomic E-state index is 0.0337. The zero-order valence-corrected chi connectivity index (χ0v) is 15.8. The number of morpholine rings is 1. The zero-order chi connectivity index (χ0) is 18.8. The van der Waals surface area contributed by atoms with Crippen LogP contribution in [0.3, 0.4) is 0 Å². The van der Waals surface area contributed by atoms with Crippen LogP contribution in [0.15, 0.2) is 47.3 Å². The summed E-state index contributed by atoms with van der Waals surface area (Å²) in [5, 5.41) is 4.47. The molecule has 0 aliphatic carbocycles. The van der Waals surface area contributed by atoms with E-state index in [1.54, 1.807) is 0 Å². The van der Waals surface area contributed by atoms with Crippen molar-refractivity contribution >= 4 is 22.3 Å². The van der Waals surface area contributed by atoms with E-state index in [9.17, 15) is 4.79 Å². The van der Waals surface area contributed by atoms with Crippen LogP contribution in [-0.2, 0) is 11.3 Å². The Kier molecular flexibility index (Phi) is 4.86. The fourth-order valence-corrected chi connectivity index (χ4v) is 3.56. The van der Waals surface area contributed by atoms with E-state index in [4.69, 9.17) is 4.74 Å². The highest BCUT2D eigenvalue weighted by atomic mass is 16.5. The Morgan fingerprint density at radius 3 is 2.48 bits per heavy atom. The summed E-state index contributed by atoms with van der Waals surface area (Å²) in [7, 11) is 0. The van der Waals surface area contributed by atoms with Gasteiger partial charge < -0.3 is 19.9 Å². The number of H-pyrrole nitrogens is 1. The molecule has 3 aromatic rings. The van der Waals surface area contributed by atoms with Gasteiger partial charge in [-0.15, -0.1) is 0 Å². The lowest BCUT2D eigenvalue weighted by atomic mass is 10.0. The first-order valence-electron chi connectivity index (χ1n) is 9.40. The monoisotopic (exact) mass is 363 g/mol. The molecule has 0 atom stereocenters. The Bertz CT molecular complexity index is 1000. The van der Waals surface area contributed by atoms with Gasteiger partial charge in [0.1, 0.15) is 0 Å². The SMILES string of the molecule is Cc1ccc(C)c2[nH]c(=O)c(CNc3ccc(N4CCOCC4)cc3)cc12. The summed E-state index contributed by atoms with van der Waals surface area (Å²) in [6.45, 7) is 8.01. The van der Waals surface area contributed by atoms with E-state index in [0.717, 1.165) is 54.0 Å². The number of hydrogen-bond donors (Lipinski definition) is 2. The molecule has 0 unspecified atom stereocenters. The number of rotatable bonds is 4. The van der Waals surface area contributed by atoms with Gasteiger partial charge in [-0.25, -0.2) is 0 Å². The predicted molar refractivity (Wildman–Crippen MR) is 111 cm³/mol. The first-order chi connectivity index (χ1) is 13.1. The molecule has 2 aromatic carbocycles. The van der Waals surface area contributed by atoms with Crippen LogP contribution >= 0.6 is 0 Å². The molecule has 0 saturated carbocycles. The van der Waals surface area contributed by atoms with Gasteiger partial charge in [0.25, 0.3) is 5.56 Å². The predicted octanol–water partition coefficient (Wildman–Crippen LogP) is 3.59. The van der Waals surface area contributed by atoms with Crippen molar-refractivity contribution in [1.29, 1.82) is 0 Å². The third-order valence-electron chi connectivity index (χ3n) is 5.25. The highest BCUT2D eigenvalue weighted by Crippen LogP contribution is 2.21. The highest BCUT2D eigenvalue weighted by Gasteiger charge is 2.11. The summed E-state index contributed by atoms with van der Waals surface area (Å²) < 4.78 is 5.40. The molecule has 2 N–H and O–H groups in total. The number of nitrogens with zero attached hydrogens (tertiary/aromatic N) is 1. The van der Waals surface area contributed by atoms with Crippen molar-refractivity contribution in [3.8, 4) is 0 Å². The number of nitrogens with one attached hydrogen (secondary N) is 2. The molecule has 1 aliphatic rings. The molecule has 4 rings (SSSR count). The summed E-state index contributed by atoms with van der Waals surface area (Å²) in [5.41, 5.74) is 6.11. The van der Waals surface area contributed by atoms with Gasteiger partial charge in [-0.3, -0.25) is 4.79 Å². The van der Waals surface area contributed by atoms with Crippen molar-refractivity contribution < 1.29 is 4.74 Å². The minimum atomic E-state index is -0.0337. The van der Waals surface area contributed by atoms with Crippen LogP contribution < -0.4 is 15.8 Å². The largest absolute Gasteiger partial charge is 0.381 e. The maximum absolute atomic E-state index is 12.5. The molecule has 0 radical (unpaired) electrons. The van der Waals surface area contributed by atoms with Crippen LogP contribution in [0.25, 0.3) is 10.9 Å². The second-order valence-corrected chi connectivity index (χ2v) is 7.11. The molecule has 0 amide bonds. The van der Waals surface area contributed by atoms with Crippen molar-refractivity contribution in [2.75, 3.05) is 36.5 Å². The van der Waals surface area contributed by atoms with Crippen LogP contribution in [0.4, 0.5) is 11.4 Å². The lowest BCUT2D eigenvalue weighted by molar-refractivity contribution is 0.122. The van der Waals surface area contributed by atoms with E-state index in [-0.39, 0.29) is 5.56 Å². The standard InChI is InChI=1S/C22H25N3O2/c1-15-3-4-16(2)21-20(15)13-17(22(26)24-21)14-23-18-5-7-19(8-6-18)25-9-11-27-12-10-25/h3-8,13,23H,9-12,14H2,1-2H3,(H,24,26). The molecular formula is C22H25N3O2. The first kappa shape index (κ1) is 17.6. The molecule has 5 nitrogen and oxygen atoms in total. The van der Waals surface area contributed by atoms with Crippen LogP contribution in [0.5, 0.6) is 0 Å². The van der Waals surface area contributed by atoms with Crippen molar-refractivity contribution in [2.45, 2.75) is 20.4 Å². The van der Waals surface area contributed by atoms with E-state index in [1.807, 2.05) is 19.1 Å². The molecule has 0 spiro atoms. The van der Waals surface area contributed by atoms with Gasteiger partial charge in [-0.05, 0) is 55.3 Å². The number of ether oxygens (including phenoxy) is 1. The molecule has 0 bridgehead atoms. The summed E-state index contributed by atoms with van der Waals surface area (Å²) in [5.74, 6) is 0. The van der Waals surface area contributed by atoms with Gasteiger partial charge in [-0.1, -0.05) is 12.1 Å². The maximum atomic E-state index is 12.5. The third kappa shape index (κ3) is 3.69. The Hall–Kier alpha value is -2.79. The fourth-order valence-electron chi connectivity index (χ4n) is 3.56. The van der Waals surface area contributed by atoms with E-state index in [1.165, 1.54) is 11.3 Å². The highest BCUT2D eigenvalue weighted by molar-refractivity contribution is 5.85. The van der Waals surface area contributed by atoms with Gasteiger partial charge in [0.2, 0.25) is 0 Å². The topological polar surface area (TPSA) is 57.4 Å². The summed E-state index contributed by atoms with van der Waals surface area (Å²) in [4.78, 5) is 17.8. The first-order valence-corrected chi connectivity index (χ1v) is 9.40. The van der Waals surface area contributed by atoms with Crippen molar-refractivity contribution in [3.63, 3.8) is 0 Å². The van der Waals surface area contributed by atoms with E-state index < -0.39 is 0 Å². The average molecular weight is 363 g/mol. The smallest absolute Gasteiger partial charge is 0.253 e. The quantitative estimate of drug-likeness (QED) is 0.744. The van der Waals surface area contributed by atoms with Gasteiger partial charge in [-0.2, -0.15) is 0 Å². The second kappa shape index (κ2) is 7.45. The van der Waals surface area contributed by atoms with Crippen molar-refractivity contribution in [3.05, 3.63) is 69.5 Å². The third-order valence-corrected chi connectivity index (χ3v) is 5.25. The Balaban J connectivity index is 1.50. The zero-order valence-electron chi connectivity index (χ0n) is 15.8. The summed E-state index contributed by atoms with van der Waals surface area (Å²) in [6, 6.07) is 14.5. The molecule has 5 heteroatoms. The number of aromatic amines is 1. The van der Waals surface area contributed by atoms with Crippen LogP contribution in [0.2, 0.25) is 0 Å². The Morgan fingerprint density at radius 1 is 1.04 bits per heavy atom. The minimum Gasteiger partial charge on any atom is -0.381 e. The number of anilines is 2. The van der Waals surface area contributed by atoms with Gasteiger partial charge in [0, 0.05) is 42.0 Å². The average Bonchev–Trinajstić information content (AvgIpc) is 2.71. The number of hydrogen-bond acceptors (Lipinski definition) is 4. The Labute approximate surface area is 159 Å². The number of fused-ring (bicyclic) bond motifs is 1. The molecule has 1 aliphatic heterocycles. The molecular weight excluding hydrogens is 338 g/mol. The second-order valence-electron chi connectivity index (χ2n) is 7.11. The molecule has 140 valence electrons. The van der Waals surface area contributed by atoms with Crippen LogP contribution in [-0.4, -0.2) is 31.3 Å². The van der Waals surface area contributed by atoms with Gasteiger partial charge in [0.15, 0.2) is 0 Å². The van der Waals surface area contributed by atoms with Gasteiger partial charge >= 0.3 is 0 Å². The van der Waals surface area contributed by atoms with Crippen LogP contribution in [0.1, 0.15) is 16.7 Å².